The van der Waals surface area contributed by atoms with Crippen molar-refractivity contribution in [2.75, 3.05) is 0 Å². The van der Waals surface area contributed by atoms with E-state index in [2.05, 4.69) is 9.97 Å². The Morgan fingerprint density at radius 3 is 2.60 bits per heavy atom. The number of nitrogens with zero attached hydrogens (tertiary/aromatic N) is 3. The molecule has 2 heterocycles. The van der Waals surface area contributed by atoms with Crippen LogP contribution in [0, 0.1) is 5.95 Å². The van der Waals surface area contributed by atoms with Crippen LogP contribution in [0.3, 0.4) is 0 Å². The molecule has 2 aromatic rings. The fourth-order valence-electron chi connectivity index (χ4n) is 1.24. The van der Waals surface area contributed by atoms with E-state index in [0.29, 0.717) is 10.7 Å². The number of pyridine rings is 1. The highest BCUT2D eigenvalue weighted by Crippen LogP contribution is 2.25. The molecule has 0 aliphatic heterocycles. The molecule has 15 heavy (non-hydrogen) atoms. The molecule has 0 bridgehead atoms. The number of imidazole rings is 1. The van der Waals surface area contributed by atoms with Gasteiger partial charge in [-0.15, -0.1) is 0 Å². The van der Waals surface area contributed by atoms with Crippen molar-refractivity contribution in [3.05, 3.63) is 34.7 Å². The highest BCUT2D eigenvalue weighted by molar-refractivity contribution is 6.30. The fourth-order valence-corrected chi connectivity index (χ4v) is 1.54. The largest absolute Gasteiger partial charge is 0.318 e. The standard InChI is InChI=1S/C9H6Cl2FN3/c1-15-7(4-14-9(15)11)6-2-5(10)3-13-8(6)12/h2-4H,1H3. The molecule has 0 radical (unpaired) electrons. The van der Waals surface area contributed by atoms with Crippen LogP contribution in [0.1, 0.15) is 0 Å². The van der Waals surface area contributed by atoms with Gasteiger partial charge >= 0.3 is 0 Å². The van der Waals surface area contributed by atoms with E-state index in [-0.39, 0.29) is 10.8 Å². The van der Waals surface area contributed by atoms with Crippen molar-refractivity contribution < 1.29 is 4.39 Å². The summed E-state index contributed by atoms with van der Waals surface area (Å²) in [5, 5.41) is 0.646. The molecule has 0 amide bonds. The minimum atomic E-state index is -0.598. The third-order valence-corrected chi connectivity index (χ3v) is 2.57. The van der Waals surface area contributed by atoms with Crippen molar-refractivity contribution in [1.82, 2.24) is 14.5 Å². The molecule has 0 saturated heterocycles. The van der Waals surface area contributed by atoms with Gasteiger partial charge in [-0.3, -0.25) is 0 Å². The summed E-state index contributed by atoms with van der Waals surface area (Å²) in [5.74, 6) is -0.598. The summed E-state index contributed by atoms with van der Waals surface area (Å²) in [6.07, 6.45) is 2.72. The predicted molar refractivity (Wildman–Crippen MR) is 56.4 cm³/mol. The maximum Gasteiger partial charge on any atom is 0.222 e. The van der Waals surface area contributed by atoms with Crippen LogP contribution < -0.4 is 0 Å². The van der Waals surface area contributed by atoms with Gasteiger partial charge < -0.3 is 4.57 Å². The molecule has 0 aliphatic rings. The van der Waals surface area contributed by atoms with E-state index >= 15 is 0 Å². The molecule has 0 saturated carbocycles. The number of hydrogen-bond acceptors (Lipinski definition) is 2. The topological polar surface area (TPSA) is 30.7 Å². The van der Waals surface area contributed by atoms with Crippen molar-refractivity contribution >= 4 is 23.2 Å². The highest BCUT2D eigenvalue weighted by atomic mass is 35.5. The second-order valence-electron chi connectivity index (χ2n) is 2.96. The average Bonchev–Trinajstić information content (AvgIpc) is 2.52. The minimum absolute atomic E-state index is 0.282. The van der Waals surface area contributed by atoms with Gasteiger partial charge in [-0.25, -0.2) is 9.97 Å². The SMILES string of the molecule is Cn1c(-c2cc(Cl)cnc2F)cnc1Cl. The summed E-state index contributed by atoms with van der Waals surface area (Å²) in [7, 11) is 1.69. The fraction of sp³-hybridized carbons (Fsp3) is 0.111. The van der Waals surface area contributed by atoms with Crippen LogP contribution in [-0.2, 0) is 7.05 Å². The van der Waals surface area contributed by atoms with Gasteiger partial charge in [-0.2, -0.15) is 4.39 Å². The van der Waals surface area contributed by atoms with E-state index in [1.54, 1.807) is 11.6 Å². The third-order valence-electron chi connectivity index (χ3n) is 2.01. The van der Waals surface area contributed by atoms with Crippen molar-refractivity contribution in [1.29, 1.82) is 0 Å². The van der Waals surface area contributed by atoms with Crippen LogP contribution in [0.4, 0.5) is 4.39 Å². The molecule has 0 aliphatic carbocycles. The van der Waals surface area contributed by atoms with Gasteiger partial charge in [-0.1, -0.05) is 11.6 Å². The van der Waals surface area contributed by atoms with Gasteiger partial charge in [0.1, 0.15) is 0 Å². The zero-order chi connectivity index (χ0) is 11.0. The van der Waals surface area contributed by atoms with Gasteiger partial charge in [-0.05, 0) is 17.7 Å². The maximum atomic E-state index is 13.4. The van der Waals surface area contributed by atoms with Gasteiger partial charge in [0.2, 0.25) is 11.2 Å². The van der Waals surface area contributed by atoms with E-state index in [1.165, 1.54) is 18.5 Å². The van der Waals surface area contributed by atoms with Gasteiger partial charge in [0.05, 0.1) is 22.5 Å². The van der Waals surface area contributed by atoms with Crippen LogP contribution in [0.5, 0.6) is 0 Å². The molecule has 0 fully saturated rings. The molecule has 0 atom stereocenters. The summed E-state index contributed by atoms with van der Waals surface area (Å²) in [5.41, 5.74) is 0.817. The molecule has 0 N–H and O–H groups in total. The Bertz CT molecular complexity index is 510. The summed E-state index contributed by atoms with van der Waals surface area (Å²) < 4.78 is 14.9. The quantitative estimate of drug-likeness (QED) is 0.724. The first-order chi connectivity index (χ1) is 7.09. The lowest BCUT2D eigenvalue weighted by Gasteiger charge is -2.03. The lowest BCUT2D eigenvalue weighted by molar-refractivity contribution is 0.586. The summed E-state index contributed by atoms with van der Waals surface area (Å²) >= 11 is 11.5. The second kappa shape index (κ2) is 3.79. The van der Waals surface area contributed by atoms with Crippen LogP contribution in [0.2, 0.25) is 10.3 Å². The molecular formula is C9H6Cl2FN3. The molecule has 0 aromatic carbocycles. The highest BCUT2D eigenvalue weighted by Gasteiger charge is 2.12. The number of halogens is 3. The van der Waals surface area contributed by atoms with Gasteiger partial charge in [0.25, 0.3) is 0 Å². The van der Waals surface area contributed by atoms with E-state index in [0.717, 1.165) is 0 Å². The monoisotopic (exact) mass is 245 g/mol. The lowest BCUT2D eigenvalue weighted by Crippen LogP contribution is -1.95. The number of aromatic nitrogens is 3. The van der Waals surface area contributed by atoms with Crippen molar-refractivity contribution in [2.24, 2.45) is 7.05 Å². The molecule has 78 valence electrons. The zero-order valence-corrected chi connectivity index (χ0v) is 9.22. The van der Waals surface area contributed by atoms with Gasteiger partial charge in [0, 0.05) is 13.2 Å². The first-order valence-corrected chi connectivity index (χ1v) is 4.84. The number of hydrogen-bond donors (Lipinski definition) is 0. The number of rotatable bonds is 1. The Hall–Kier alpha value is -1.13. The van der Waals surface area contributed by atoms with E-state index in [9.17, 15) is 4.39 Å². The maximum absolute atomic E-state index is 13.4. The Kier molecular flexibility index (Phi) is 2.63. The Morgan fingerprint density at radius 2 is 2.00 bits per heavy atom. The molecule has 2 aromatic heterocycles. The van der Waals surface area contributed by atoms with E-state index in [4.69, 9.17) is 23.2 Å². The normalized spacial score (nSPS) is 10.7. The lowest BCUT2D eigenvalue weighted by atomic mass is 10.2. The zero-order valence-electron chi connectivity index (χ0n) is 7.71. The molecule has 0 spiro atoms. The van der Waals surface area contributed by atoms with Gasteiger partial charge in [0.15, 0.2) is 0 Å². The minimum Gasteiger partial charge on any atom is -0.318 e. The average molecular weight is 246 g/mol. The Morgan fingerprint density at radius 1 is 1.27 bits per heavy atom. The second-order valence-corrected chi connectivity index (χ2v) is 3.74. The molecular weight excluding hydrogens is 240 g/mol. The van der Waals surface area contributed by atoms with Crippen LogP contribution >= 0.6 is 23.2 Å². The molecule has 2 rings (SSSR count). The van der Waals surface area contributed by atoms with Crippen molar-refractivity contribution in [3.63, 3.8) is 0 Å². The summed E-state index contributed by atoms with van der Waals surface area (Å²) in [6.45, 7) is 0. The summed E-state index contributed by atoms with van der Waals surface area (Å²) in [4.78, 5) is 7.38. The molecule has 0 unspecified atom stereocenters. The predicted octanol–water partition coefficient (Wildman–Crippen LogP) is 2.93. The smallest absolute Gasteiger partial charge is 0.222 e. The Balaban J connectivity index is 2.63. The van der Waals surface area contributed by atoms with E-state index in [1.807, 2.05) is 0 Å². The summed E-state index contributed by atoms with van der Waals surface area (Å²) in [6, 6.07) is 1.48. The van der Waals surface area contributed by atoms with Crippen LogP contribution in [-0.4, -0.2) is 14.5 Å². The first-order valence-electron chi connectivity index (χ1n) is 4.08. The van der Waals surface area contributed by atoms with Crippen molar-refractivity contribution in [2.45, 2.75) is 0 Å². The molecule has 3 nitrogen and oxygen atoms in total. The van der Waals surface area contributed by atoms with Crippen molar-refractivity contribution in [3.8, 4) is 11.3 Å². The van der Waals surface area contributed by atoms with Crippen LogP contribution in [0.25, 0.3) is 11.3 Å². The molecule has 6 heteroatoms. The first kappa shape index (κ1) is 10.4. The van der Waals surface area contributed by atoms with Crippen LogP contribution in [0.15, 0.2) is 18.5 Å². The van der Waals surface area contributed by atoms with E-state index < -0.39 is 5.95 Å². The third kappa shape index (κ3) is 1.82. The Labute approximate surface area is 95.5 Å².